The van der Waals surface area contributed by atoms with Crippen LogP contribution in [-0.4, -0.2) is 49.3 Å². The Morgan fingerprint density at radius 3 is 2.92 bits per heavy atom. The molecule has 1 unspecified atom stereocenters. The standard InChI is InChI=1S/C17H25ClF3N5/c1-2-22-16(24-9-4-3-8-17(19,20)21)25-13-7-11-26(12-13)15-14(18)6-5-10-23-15/h5-6,10,13H,2-4,7-9,11-12H2,1H3,(H2,22,24,25). The van der Waals surface area contributed by atoms with Crippen molar-refractivity contribution in [2.45, 2.75) is 44.8 Å². The molecule has 1 aromatic heterocycles. The topological polar surface area (TPSA) is 52.6 Å². The molecule has 0 aliphatic carbocycles. The lowest BCUT2D eigenvalue weighted by Crippen LogP contribution is -2.44. The highest BCUT2D eigenvalue weighted by Crippen LogP contribution is 2.25. The van der Waals surface area contributed by atoms with Gasteiger partial charge in [0, 0.05) is 44.8 Å². The SMILES string of the molecule is CCNC(=NCCCCC(F)(F)F)NC1CCN(c2ncccc2Cl)C1. The van der Waals surface area contributed by atoms with Gasteiger partial charge in [0.1, 0.15) is 5.82 Å². The number of aliphatic imine (C=N–C) groups is 1. The van der Waals surface area contributed by atoms with Gasteiger partial charge in [-0.3, -0.25) is 4.99 Å². The summed E-state index contributed by atoms with van der Waals surface area (Å²) in [5, 5.41) is 7.11. The highest BCUT2D eigenvalue weighted by Gasteiger charge is 2.26. The lowest BCUT2D eigenvalue weighted by Gasteiger charge is -2.20. The predicted molar refractivity (Wildman–Crippen MR) is 98.9 cm³/mol. The summed E-state index contributed by atoms with van der Waals surface area (Å²) in [6.45, 7) is 4.59. The Morgan fingerprint density at radius 1 is 1.42 bits per heavy atom. The fraction of sp³-hybridized carbons (Fsp3) is 0.647. The fourth-order valence-corrected chi connectivity index (χ4v) is 3.06. The van der Waals surface area contributed by atoms with Gasteiger partial charge in [-0.25, -0.2) is 4.98 Å². The summed E-state index contributed by atoms with van der Waals surface area (Å²) in [7, 11) is 0. The van der Waals surface area contributed by atoms with Gasteiger partial charge in [0.25, 0.3) is 0 Å². The lowest BCUT2D eigenvalue weighted by molar-refractivity contribution is -0.135. The van der Waals surface area contributed by atoms with E-state index in [0.29, 0.717) is 30.5 Å². The van der Waals surface area contributed by atoms with E-state index in [2.05, 4.69) is 25.5 Å². The van der Waals surface area contributed by atoms with Crippen LogP contribution in [0.2, 0.25) is 5.02 Å². The van der Waals surface area contributed by atoms with E-state index < -0.39 is 12.6 Å². The van der Waals surface area contributed by atoms with E-state index in [1.807, 2.05) is 13.0 Å². The molecule has 0 bridgehead atoms. The highest BCUT2D eigenvalue weighted by molar-refractivity contribution is 6.32. The van der Waals surface area contributed by atoms with Crippen LogP contribution in [0.3, 0.4) is 0 Å². The molecular formula is C17H25ClF3N5. The first kappa shape index (κ1) is 20.6. The first-order chi connectivity index (χ1) is 12.4. The molecule has 1 aromatic rings. The number of unbranched alkanes of at least 4 members (excludes halogenated alkanes) is 1. The van der Waals surface area contributed by atoms with Crippen LogP contribution in [0.15, 0.2) is 23.3 Å². The third-order valence-electron chi connectivity index (χ3n) is 4.05. The second kappa shape index (κ2) is 9.85. The van der Waals surface area contributed by atoms with Crippen molar-refractivity contribution in [1.82, 2.24) is 15.6 Å². The van der Waals surface area contributed by atoms with Crippen LogP contribution in [0.25, 0.3) is 0 Å². The molecule has 0 aromatic carbocycles. The minimum atomic E-state index is -4.09. The van der Waals surface area contributed by atoms with E-state index in [1.165, 1.54) is 0 Å². The van der Waals surface area contributed by atoms with Gasteiger partial charge in [0.15, 0.2) is 5.96 Å². The van der Waals surface area contributed by atoms with Crippen molar-refractivity contribution >= 4 is 23.4 Å². The van der Waals surface area contributed by atoms with E-state index in [1.54, 1.807) is 12.3 Å². The average molecular weight is 392 g/mol. The molecule has 0 amide bonds. The van der Waals surface area contributed by atoms with Crippen molar-refractivity contribution in [3.8, 4) is 0 Å². The van der Waals surface area contributed by atoms with Crippen LogP contribution in [0.5, 0.6) is 0 Å². The van der Waals surface area contributed by atoms with Gasteiger partial charge in [-0.05, 0) is 38.3 Å². The minimum absolute atomic E-state index is 0.0990. The molecule has 0 spiro atoms. The van der Waals surface area contributed by atoms with Crippen LogP contribution in [0, 0.1) is 0 Å². The normalized spacial score (nSPS) is 18.3. The number of hydrogen-bond donors (Lipinski definition) is 2. The van der Waals surface area contributed by atoms with Crippen LogP contribution < -0.4 is 15.5 Å². The van der Waals surface area contributed by atoms with Gasteiger partial charge in [0.2, 0.25) is 0 Å². The van der Waals surface area contributed by atoms with Gasteiger partial charge in [-0.2, -0.15) is 13.2 Å². The minimum Gasteiger partial charge on any atom is -0.357 e. The van der Waals surface area contributed by atoms with Crippen molar-refractivity contribution < 1.29 is 13.2 Å². The number of hydrogen-bond acceptors (Lipinski definition) is 3. The Balaban J connectivity index is 1.82. The summed E-state index contributed by atoms with van der Waals surface area (Å²) < 4.78 is 36.5. The maximum absolute atomic E-state index is 12.2. The molecule has 0 radical (unpaired) electrons. The van der Waals surface area contributed by atoms with Crippen LogP contribution in [-0.2, 0) is 0 Å². The van der Waals surface area contributed by atoms with Crippen LogP contribution in [0.4, 0.5) is 19.0 Å². The molecule has 1 atom stereocenters. The summed E-state index contributed by atoms with van der Waals surface area (Å²) in [6, 6.07) is 3.80. The smallest absolute Gasteiger partial charge is 0.357 e. The number of aromatic nitrogens is 1. The number of halogens is 4. The van der Waals surface area contributed by atoms with Crippen molar-refractivity contribution in [3.05, 3.63) is 23.4 Å². The Hall–Kier alpha value is -1.70. The summed E-state index contributed by atoms with van der Waals surface area (Å²) in [4.78, 5) is 10.8. The number of guanidine groups is 1. The summed E-state index contributed by atoms with van der Waals surface area (Å²) in [6.07, 6.45) is -1.71. The molecular weight excluding hydrogens is 367 g/mol. The molecule has 0 saturated carbocycles. The number of pyridine rings is 1. The zero-order chi connectivity index (χ0) is 19.0. The maximum atomic E-state index is 12.2. The van der Waals surface area contributed by atoms with Crippen molar-refractivity contribution in [3.63, 3.8) is 0 Å². The largest absolute Gasteiger partial charge is 0.389 e. The number of rotatable bonds is 7. The first-order valence-corrected chi connectivity index (χ1v) is 9.24. The molecule has 5 nitrogen and oxygen atoms in total. The molecule has 9 heteroatoms. The molecule has 2 heterocycles. The van der Waals surface area contributed by atoms with Gasteiger partial charge in [-0.15, -0.1) is 0 Å². The third-order valence-corrected chi connectivity index (χ3v) is 4.35. The third kappa shape index (κ3) is 6.90. The molecule has 26 heavy (non-hydrogen) atoms. The van der Waals surface area contributed by atoms with E-state index in [0.717, 1.165) is 25.3 Å². The Kier molecular flexibility index (Phi) is 7.81. The van der Waals surface area contributed by atoms with Gasteiger partial charge in [0.05, 0.1) is 5.02 Å². The molecule has 1 aliphatic rings. The highest BCUT2D eigenvalue weighted by atomic mass is 35.5. The summed E-state index contributed by atoms with van der Waals surface area (Å²) in [5.74, 6) is 1.41. The Morgan fingerprint density at radius 2 is 2.23 bits per heavy atom. The fourth-order valence-electron chi connectivity index (χ4n) is 2.82. The number of anilines is 1. The molecule has 1 fully saturated rings. The zero-order valence-corrected chi connectivity index (χ0v) is 15.6. The predicted octanol–water partition coefficient (Wildman–Crippen LogP) is 3.60. The zero-order valence-electron chi connectivity index (χ0n) is 14.8. The molecule has 1 saturated heterocycles. The van der Waals surface area contributed by atoms with Crippen molar-refractivity contribution in [1.29, 1.82) is 0 Å². The molecule has 2 N–H and O–H groups in total. The molecule has 2 rings (SSSR count). The Labute approximate surface area is 157 Å². The van der Waals surface area contributed by atoms with Gasteiger partial charge < -0.3 is 15.5 Å². The number of alkyl halides is 3. The van der Waals surface area contributed by atoms with Crippen molar-refractivity contribution in [2.75, 3.05) is 31.1 Å². The lowest BCUT2D eigenvalue weighted by atomic mass is 10.2. The average Bonchev–Trinajstić information content (AvgIpc) is 3.02. The van der Waals surface area contributed by atoms with Crippen LogP contribution >= 0.6 is 11.6 Å². The maximum Gasteiger partial charge on any atom is 0.389 e. The van der Waals surface area contributed by atoms with E-state index >= 15 is 0 Å². The number of nitrogens with zero attached hydrogens (tertiary/aromatic N) is 3. The Bertz CT molecular complexity index is 594. The molecule has 146 valence electrons. The van der Waals surface area contributed by atoms with E-state index in [-0.39, 0.29) is 12.5 Å². The molecule has 1 aliphatic heterocycles. The second-order valence-corrected chi connectivity index (χ2v) is 6.62. The quantitative estimate of drug-likeness (QED) is 0.423. The van der Waals surface area contributed by atoms with E-state index in [4.69, 9.17) is 11.6 Å². The van der Waals surface area contributed by atoms with Gasteiger partial charge in [-0.1, -0.05) is 11.6 Å². The van der Waals surface area contributed by atoms with E-state index in [9.17, 15) is 13.2 Å². The first-order valence-electron chi connectivity index (χ1n) is 8.86. The second-order valence-electron chi connectivity index (χ2n) is 6.22. The number of nitrogens with one attached hydrogen (secondary N) is 2. The van der Waals surface area contributed by atoms with Crippen molar-refractivity contribution in [2.24, 2.45) is 4.99 Å². The monoisotopic (exact) mass is 391 g/mol. The van der Waals surface area contributed by atoms with Gasteiger partial charge >= 0.3 is 6.18 Å². The van der Waals surface area contributed by atoms with Crippen LogP contribution in [0.1, 0.15) is 32.6 Å². The summed E-state index contributed by atoms with van der Waals surface area (Å²) >= 11 is 6.20. The summed E-state index contributed by atoms with van der Waals surface area (Å²) in [5.41, 5.74) is 0.